The molecule has 0 atom stereocenters. The van der Waals surface area contributed by atoms with Crippen LogP contribution < -0.4 is 16.0 Å². The van der Waals surface area contributed by atoms with Gasteiger partial charge in [-0.05, 0) is 23.8 Å². The monoisotopic (exact) mass is 404 g/mol. The number of hydrogen-bond acceptors (Lipinski definition) is 5. The van der Waals surface area contributed by atoms with Gasteiger partial charge in [0.25, 0.3) is 5.56 Å². The van der Waals surface area contributed by atoms with Gasteiger partial charge in [0.15, 0.2) is 0 Å². The van der Waals surface area contributed by atoms with Gasteiger partial charge in [-0.3, -0.25) is 9.59 Å². The number of carbonyl (C=O) groups is 2. The Hall–Kier alpha value is -2.90. The highest BCUT2D eigenvalue weighted by Gasteiger charge is 2.13. The summed E-state index contributed by atoms with van der Waals surface area (Å²) < 4.78 is 0.798. The minimum absolute atomic E-state index is 0.116. The van der Waals surface area contributed by atoms with Gasteiger partial charge in [-0.2, -0.15) is 5.10 Å². The SMILES string of the molecule is O=C(Cn1nc(C(=O)[O-])c2ccccc2c1=O)NCc1ccc(Cl)cc1Cl. The first-order valence-electron chi connectivity index (χ1n) is 7.78. The molecular formula is C18H12Cl2N3O4-. The van der Waals surface area contributed by atoms with Gasteiger partial charge in [0.1, 0.15) is 12.2 Å². The van der Waals surface area contributed by atoms with Gasteiger partial charge in [0.05, 0.1) is 11.4 Å². The van der Waals surface area contributed by atoms with E-state index in [1.54, 1.807) is 30.3 Å². The van der Waals surface area contributed by atoms with Crippen LogP contribution in [0.4, 0.5) is 0 Å². The molecule has 0 aliphatic heterocycles. The second-order valence-corrected chi connectivity index (χ2v) is 6.50. The normalized spacial score (nSPS) is 10.7. The number of rotatable bonds is 5. The maximum Gasteiger partial charge on any atom is 0.275 e. The van der Waals surface area contributed by atoms with Crippen LogP contribution in [0.3, 0.4) is 0 Å². The molecule has 0 aliphatic rings. The van der Waals surface area contributed by atoms with Crippen LogP contribution in [0.2, 0.25) is 10.0 Å². The van der Waals surface area contributed by atoms with Gasteiger partial charge in [-0.15, -0.1) is 0 Å². The fourth-order valence-corrected chi connectivity index (χ4v) is 3.02. The van der Waals surface area contributed by atoms with Crippen molar-refractivity contribution in [3.05, 3.63) is 74.1 Å². The zero-order chi connectivity index (χ0) is 19.6. The van der Waals surface area contributed by atoms with Gasteiger partial charge in [-0.1, -0.05) is 47.5 Å². The largest absolute Gasteiger partial charge is 0.543 e. The number of carboxylic acids is 1. The Bertz CT molecular complexity index is 1110. The lowest BCUT2D eigenvalue weighted by Gasteiger charge is -2.12. The summed E-state index contributed by atoms with van der Waals surface area (Å²) >= 11 is 11.9. The van der Waals surface area contributed by atoms with Crippen LogP contribution in [0.1, 0.15) is 16.1 Å². The first-order valence-corrected chi connectivity index (χ1v) is 8.54. The highest BCUT2D eigenvalue weighted by molar-refractivity contribution is 6.35. The second kappa shape index (κ2) is 7.77. The third-order valence-corrected chi connectivity index (χ3v) is 4.43. The Kier molecular flexibility index (Phi) is 5.43. The predicted octanol–water partition coefficient (Wildman–Crippen LogP) is 1.38. The quantitative estimate of drug-likeness (QED) is 0.691. The van der Waals surface area contributed by atoms with E-state index in [1.165, 1.54) is 12.1 Å². The Morgan fingerprint density at radius 2 is 1.81 bits per heavy atom. The van der Waals surface area contributed by atoms with Crippen LogP contribution in [-0.4, -0.2) is 21.7 Å². The molecule has 1 N–H and O–H groups in total. The molecule has 0 bridgehead atoms. The smallest absolute Gasteiger partial charge is 0.275 e. The molecule has 0 aliphatic carbocycles. The van der Waals surface area contributed by atoms with Crippen molar-refractivity contribution in [1.82, 2.24) is 15.1 Å². The number of fused-ring (bicyclic) bond motifs is 1. The van der Waals surface area contributed by atoms with E-state index in [-0.39, 0.29) is 17.3 Å². The molecule has 2 aromatic carbocycles. The summed E-state index contributed by atoms with van der Waals surface area (Å²) in [5.74, 6) is -2.07. The van der Waals surface area contributed by atoms with Crippen molar-refractivity contribution in [2.75, 3.05) is 0 Å². The lowest BCUT2D eigenvalue weighted by Crippen LogP contribution is -2.36. The lowest BCUT2D eigenvalue weighted by atomic mass is 10.1. The van der Waals surface area contributed by atoms with Crippen molar-refractivity contribution in [1.29, 1.82) is 0 Å². The molecule has 27 heavy (non-hydrogen) atoms. The van der Waals surface area contributed by atoms with Crippen molar-refractivity contribution in [3.63, 3.8) is 0 Å². The summed E-state index contributed by atoms with van der Waals surface area (Å²) in [6.07, 6.45) is 0. The third kappa shape index (κ3) is 4.10. The molecule has 3 rings (SSSR count). The van der Waals surface area contributed by atoms with Crippen LogP contribution in [-0.2, 0) is 17.9 Å². The molecular weight excluding hydrogens is 393 g/mol. The molecule has 0 radical (unpaired) electrons. The zero-order valence-corrected chi connectivity index (χ0v) is 15.3. The zero-order valence-electron chi connectivity index (χ0n) is 13.7. The molecule has 138 valence electrons. The van der Waals surface area contributed by atoms with Crippen molar-refractivity contribution in [3.8, 4) is 0 Å². The summed E-state index contributed by atoms with van der Waals surface area (Å²) in [5, 5.41) is 18.8. The number of carbonyl (C=O) groups excluding carboxylic acids is 2. The summed E-state index contributed by atoms with van der Waals surface area (Å²) in [6, 6.07) is 11.0. The molecule has 3 aromatic rings. The highest BCUT2D eigenvalue weighted by Crippen LogP contribution is 2.20. The molecule has 1 heterocycles. The van der Waals surface area contributed by atoms with E-state index in [9.17, 15) is 19.5 Å². The van der Waals surface area contributed by atoms with Gasteiger partial charge >= 0.3 is 0 Å². The standard InChI is InChI=1S/C18H13Cl2N3O4/c19-11-6-5-10(14(20)7-11)8-21-15(24)9-23-17(25)13-4-2-1-3-12(13)16(22-23)18(26)27/h1-7H,8-9H2,(H,21,24)(H,26,27)/p-1. The van der Waals surface area contributed by atoms with E-state index in [1.807, 2.05) is 0 Å². The van der Waals surface area contributed by atoms with Crippen LogP contribution in [0.25, 0.3) is 10.8 Å². The van der Waals surface area contributed by atoms with Gasteiger partial charge in [0, 0.05) is 22.0 Å². The minimum Gasteiger partial charge on any atom is -0.543 e. The van der Waals surface area contributed by atoms with E-state index in [0.29, 0.717) is 15.6 Å². The van der Waals surface area contributed by atoms with E-state index in [2.05, 4.69) is 10.4 Å². The fraction of sp³-hybridized carbons (Fsp3) is 0.111. The number of aromatic carboxylic acids is 1. The molecule has 0 fully saturated rings. The topological polar surface area (TPSA) is 104 Å². The molecule has 0 saturated carbocycles. The van der Waals surface area contributed by atoms with Crippen molar-refractivity contribution >= 4 is 45.9 Å². The molecule has 9 heteroatoms. The van der Waals surface area contributed by atoms with Gasteiger partial charge < -0.3 is 15.2 Å². The molecule has 7 nitrogen and oxygen atoms in total. The van der Waals surface area contributed by atoms with Crippen molar-refractivity contribution in [2.24, 2.45) is 0 Å². The first kappa shape index (κ1) is 18.9. The lowest BCUT2D eigenvalue weighted by molar-refractivity contribution is -0.255. The average molecular weight is 405 g/mol. The van der Waals surface area contributed by atoms with E-state index >= 15 is 0 Å². The highest BCUT2D eigenvalue weighted by atomic mass is 35.5. The Labute approximate surface area is 163 Å². The molecule has 0 spiro atoms. The third-order valence-electron chi connectivity index (χ3n) is 3.85. The first-order chi connectivity index (χ1) is 12.9. The number of hydrogen-bond donors (Lipinski definition) is 1. The Balaban J connectivity index is 1.83. The number of benzene rings is 2. The van der Waals surface area contributed by atoms with Crippen molar-refractivity contribution in [2.45, 2.75) is 13.1 Å². The molecule has 1 aromatic heterocycles. The minimum atomic E-state index is -1.53. The maximum absolute atomic E-state index is 12.5. The molecule has 0 saturated heterocycles. The fourth-order valence-electron chi connectivity index (χ4n) is 2.54. The summed E-state index contributed by atoms with van der Waals surface area (Å²) in [7, 11) is 0. The number of aromatic nitrogens is 2. The van der Waals surface area contributed by atoms with E-state index in [0.717, 1.165) is 4.68 Å². The van der Waals surface area contributed by atoms with Gasteiger partial charge in [0.2, 0.25) is 5.91 Å². The molecule has 0 unspecified atom stereocenters. The average Bonchev–Trinajstić information content (AvgIpc) is 2.63. The number of nitrogens with zero attached hydrogens (tertiary/aromatic N) is 2. The Morgan fingerprint density at radius 3 is 2.48 bits per heavy atom. The van der Waals surface area contributed by atoms with Crippen LogP contribution >= 0.6 is 23.2 Å². The summed E-state index contributed by atoms with van der Waals surface area (Å²) in [5.41, 5.74) is -0.335. The van der Waals surface area contributed by atoms with Crippen molar-refractivity contribution < 1.29 is 14.7 Å². The van der Waals surface area contributed by atoms with E-state index < -0.39 is 29.7 Å². The Morgan fingerprint density at radius 1 is 1.11 bits per heavy atom. The number of amides is 1. The number of halogens is 2. The second-order valence-electron chi connectivity index (χ2n) is 5.66. The van der Waals surface area contributed by atoms with E-state index in [4.69, 9.17) is 23.2 Å². The van der Waals surface area contributed by atoms with Crippen LogP contribution in [0.15, 0.2) is 47.3 Å². The number of carboxylic acid groups (broad SMARTS) is 1. The predicted molar refractivity (Wildman–Crippen MR) is 98.6 cm³/mol. The maximum atomic E-state index is 12.5. The van der Waals surface area contributed by atoms with Crippen LogP contribution in [0, 0.1) is 0 Å². The molecule has 1 amide bonds. The summed E-state index contributed by atoms with van der Waals surface area (Å²) in [4.78, 5) is 36.0. The number of nitrogens with one attached hydrogen (secondary N) is 1. The van der Waals surface area contributed by atoms with Gasteiger partial charge in [-0.25, -0.2) is 4.68 Å². The van der Waals surface area contributed by atoms with Crippen LogP contribution in [0.5, 0.6) is 0 Å². The summed E-state index contributed by atoms with van der Waals surface area (Å²) in [6.45, 7) is -0.334.